The predicted molar refractivity (Wildman–Crippen MR) is 84.4 cm³/mol. The number of benzene rings is 1. The number of furan rings is 1. The van der Waals surface area contributed by atoms with Gasteiger partial charge in [-0.3, -0.25) is 4.79 Å². The lowest BCUT2D eigenvalue weighted by atomic mass is 10.2. The van der Waals surface area contributed by atoms with Crippen LogP contribution in [0.2, 0.25) is 0 Å². The number of thiazole rings is 1. The number of aromatic nitrogens is 1. The fraction of sp³-hybridized carbons (Fsp3) is 0.250. The van der Waals surface area contributed by atoms with Crippen molar-refractivity contribution in [1.29, 1.82) is 0 Å². The van der Waals surface area contributed by atoms with E-state index < -0.39 is 0 Å². The molecule has 1 fully saturated rings. The van der Waals surface area contributed by atoms with Crippen LogP contribution >= 0.6 is 11.3 Å². The summed E-state index contributed by atoms with van der Waals surface area (Å²) < 4.78 is 11.6. The van der Waals surface area contributed by atoms with Gasteiger partial charge in [-0.25, -0.2) is 4.98 Å². The van der Waals surface area contributed by atoms with E-state index in [4.69, 9.17) is 9.15 Å². The number of nitrogens with zero attached hydrogens (tertiary/aromatic N) is 1. The minimum absolute atomic E-state index is 0.000534. The molecule has 1 amide bonds. The maximum Gasteiger partial charge on any atom is 0.230 e. The molecule has 1 N–H and O–H groups in total. The van der Waals surface area contributed by atoms with Gasteiger partial charge in [0.1, 0.15) is 17.0 Å². The smallest absolute Gasteiger partial charge is 0.230 e. The summed E-state index contributed by atoms with van der Waals surface area (Å²) in [6.45, 7) is 0. The molecule has 5 nitrogen and oxygen atoms in total. The molecule has 0 bridgehead atoms. The van der Waals surface area contributed by atoms with Crippen LogP contribution in [0, 0.1) is 5.92 Å². The number of anilines is 1. The van der Waals surface area contributed by atoms with E-state index >= 15 is 0 Å². The highest BCUT2D eigenvalue weighted by Gasteiger charge is 2.46. The Hall–Kier alpha value is -2.34. The summed E-state index contributed by atoms with van der Waals surface area (Å²) in [6.07, 6.45) is 2.47. The van der Waals surface area contributed by atoms with Gasteiger partial charge in [-0.05, 0) is 30.7 Å². The average molecular weight is 314 g/mol. The largest absolute Gasteiger partial charge is 0.494 e. The molecule has 2 unspecified atom stereocenters. The van der Waals surface area contributed by atoms with Gasteiger partial charge in [0.05, 0.1) is 18.1 Å². The van der Waals surface area contributed by atoms with Gasteiger partial charge < -0.3 is 14.5 Å². The molecule has 0 spiro atoms. The number of fused-ring (bicyclic) bond motifs is 1. The SMILES string of the molecule is COc1cccc2sc(NC(=O)C3CC3c3ccco3)nc12. The van der Waals surface area contributed by atoms with Crippen LogP contribution in [0.5, 0.6) is 5.75 Å². The highest BCUT2D eigenvalue weighted by Crippen LogP contribution is 2.48. The molecule has 2 aromatic heterocycles. The zero-order valence-corrected chi connectivity index (χ0v) is 12.7. The molecule has 112 valence electrons. The molecule has 1 aliphatic rings. The fourth-order valence-corrected chi connectivity index (χ4v) is 3.53. The number of carbonyl (C=O) groups is 1. The van der Waals surface area contributed by atoms with Crippen molar-refractivity contribution in [3.05, 3.63) is 42.4 Å². The van der Waals surface area contributed by atoms with Crippen LogP contribution < -0.4 is 10.1 Å². The van der Waals surface area contributed by atoms with E-state index in [0.29, 0.717) is 10.9 Å². The second-order valence-electron chi connectivity index (χ2n) is 5.28. The van der Waals surface area contributed by atoms with Gasteiger partial charge in [-0.15, -0.1) is 0 Å². The van der Waals surface area contributed by atoms with Gasteiger partial charge in [0.2, 0.25) is 5.91 Å². The van der Waals surface area contributed by atoms with Crippen molar-refractivity contribution < 1.29 is 13.9 Å². The minimum atomic E-state index is -0.0277. The molecule has 6 heteroatoms. The van der Waals surface area contributed by atoms with Crippen LogP contribution in [-0.2, 0) is 4.79 Å². The summed E-state index contributed by atoms with van der Waals surface area (Å²) in [5, 5.41) is 3.51. The number of hydrogen-bond donors (Lipinski definition) is 1. The maximum atomic E-state index is 12.3. The van der Waals surface area contributed by atoms with Crippen LogP contribution in [0.25, 0.3) is 10.2 Å². The van der Waals surface area contributed by atoms with E-state index in [-0.39, 0.29) is 17.7 Å². The molecule has 22 heavy (non-hydrogen) atoms. The number of hydrogen-bond acceptors (Lipinski definition) is 5. The summed E-state index contributed by atoms with van der Waals surface area (Å²) in [5.41, 5.74) is 0.781. The standard InChI is InChI=1S/C16H14N2O3S/c1-20-12-4-2-6-13-14(12)17-16(22-13)18-15(19)10-8-9(10)11-5-3-7-21-11/h2-7,9-10H,8H2,1H3,(H,17,18,19). The normalized spacial score (nSPS) is 20.0. The summed E-state index contributed by atoms with van der Waals surface area (Å²) in [5.74, 6) is 1.76. The molecule has 0 saturated heterocycles. The Balaban J connectivity index is 1.51. The first-order chi connectivity index (χ1) is 10.8. The Kier molecular flexibility index (Phi) is 3.11. The van der Waals surface area contributed by atoms with Crippen molar-refractivity contribution in [1.82, 2.24) is 4.98 Å². The Labute approximate surface area is 130 Å². The molecule has 0 radical (unpaired) electrons. The van der Waals surface area contributed by atoms with Crippen molar-refractivity contribution in [3.63, 3.8) is 0 Å². The van der Waals surface area contributed by atoms with Crippen LogP contribution in [0.3, 0.4) is 0 Å². The minimum Gasteiger partial charge on any atom is -0.494 e. The third kappa shape index (κ3) is 2.25. The molecule has 2 atom stereocenters. The monoisotopic (exact) mass is 314 g/mol. The van der Waals surface area contributed by atoms with Gasteiger partial charge in [0.15, 0.2) is 5.13 Å². The zero-order valence-electron chi connectivity index (χ0n) is 11.9. The molecular formula is C16H14N2O3S. The first kappa shape index (κ1) is 13.3. The van der Waals surface area contributed by atoms with Crippen molar-refractivity contribution in [3.8, 4) is 5.75 Å². The fourth-order valence-electron chi connectivity index (χ4n) is 2.64. The second kappa shape index (κ2) is 5.14. The number of amides is 1. The lowest BCUT2D eigenvalue weighted by molar-refractivity contribution is -0.117. The molecule has 1 saturated carbocycles. The quantitative estimate of drug-likeness (QED) is 0.798. The molecule has 2 heterocycles. The summed E-state index contributed by atoms with van der Waals surface area (Å²) in [7, 11) is 1.62. The number of rotatable bonds is 4. The third-order valence-electron chi connectivity index (χ3n) is 3.87. The van der Waals surface area contributed by atoms with Crippen molar-refractivity contribution in [2.75, 3.05) is 12.4 Å². The van der Waals surface area contributed by atoms with Gasteiger partial charge in [-0.2, -0.15) is 0 Å². The van der Waals surface area contributed by atoms with Crippen LogP contribution in [0.1, 0.15) is 18.1 Å². The van der Waals surface area contributed by atoms with E-state index in [1.807, 2.05) is 30.3 Å². The topological polar surface area (TPSA) is 64.4 Å². The highest BCUT2D eigenvalue weighted by molar-refractivity contribution is 7.22. The molecule has 3 aromatic rings. The van der Waals surface area contributed by atoms with Crippen molar-refractivity contribution >= 4 is 32.6 Å². The Morgan fingerprint density at radius 1 is 1.41 bits per heavy atom. The maximum absolute atomic E-state index is 12.3. The molecule has 1 aromatic carbocycles. The summed E-state index contributed by atoms with van der Waals surface area (Å²) in [6, 6.07) is 9.51. The number of ether oxygens (including phenoxy) is 1. The first-order valence-corrected chi connectivity index (χ1v) is 7.85. The molecular weight excluding hydrogens is 300 g/mol. The van der Waals surface area contributed by atoms with Crippen LogP contribution in [-0.4, -0.2) is 18.0 Å². The first-order valence-electron chi connectivity index (χ1n) is 7.04. The van der Waals surface area contributed by atoms with E-state index in [1.54, 1.807) is 13.4 Å². The molecule has 0 aliphatic heterocycles. The third-order valence-corrected chi connectivity index (χ3v) is 4.80. The number of methoxy groups -OCH3 is 1. The van der Waals surface area contributed by atoms with E-state index in [1.165, 1.54) is 11.3 Å². The van der Waals surface area contributed by atoms with Crippen LogP contribution in [0.4, 0.5) is 5.13 Å². The Morgan fingerprint density at radius 3 is 3.09 bits per heavy atom. The van der Waals surface area contributed by atoms with Gasteiger partial charge in [-0.1, -0.05) is 17.4 Å². The lowest BCUT2D eigenvalue weighted by Gasteiger charge is -2.00. The zero-order chi connectivity index (χ0) is 15.1. The molecule has 1 aliphatic carbocycles. The van der Waals surface area contributed by atoms with Gasteiger partial charge >= 0.3 is 0 Å². The van der Waals surface area contributed by atoms with Crippen molar-refractivity contribution in [2.24, 2.45) is 5.92 Å². The summed E-state index contributed by atoms with van der Waals surface area (Å²) >= 11 is 1.45. The number of nitrogens with one attached hydrogen (secondary N) is 1. The number of carbonyl (C=O) groups excluding carboxylic acids is 1. The van der Waals surface area contributed by atoms with Gasteiger partial charge in [0.25, 0.3) is 0 Å². The van der Waals surface area contributed by atoms with E-state index in [9.17, 15) is 4.79 Å². The highest BCUT2D eigenvalue weighted by atomic mass is 32.1. The van der Waals surface area contributed by atoms with Crippen LogP contribution in [0.15, 0.2) is 41.0 Å². The van der Waals surface area contributed by atoms with Crippen molar-refractivity contribution in [2.45, 2.75) is 12.3 Å². The Morgan fingerprint density at radius 2 is 2.32 bits per heavy atom. The predicted octanol–water partition coefficient (Wildman–Crippen LogP) is 3.64. The second-order valence-corrected chi connectivity index (χ2v) is 6.31. The number of para-hydroxylation sites is 1. The summed E-state index contributed by atoms with van der Waals surface area (Å²) in [4.78, 5) is 16.8. The lowest BCUT2D eigenvalue weighted by Crippen LogP contribution is -2.14. The van der Waals surface area contributed by atoms with E-state index in [0.717, 1.165) is 22.4 Å². The Bertz CT molecular complexity index is 825. The molecule has 4 rings (SSSR count). The average Bonchev–Trinajstić information content (AvgIpc) is 2.96. The van der Waals surface area contributed by atoms with E-state index in [2.05, 4.69) is 10.3 Å². The van der Waals surface area contributed by atoms with Gasteiger partial charge in [0, 0.05) is 11.8 Å².